The van der Waals surface area contributed by atoms with Crippen molar-refractivity contribution in [3.8, 4) is 0 Å². The molecule has 0 aromatic carbocycles. The van der Waals surface area contributed by atoms with Gasteiger partial charge in [0.15, 0.2) is 0 Å². The molecule has 80 valence electrons. The maximum atomic E-state index is 11.7. The van der Waals surface area contributed by atoms with E-state index in [0.29, 0.717) is 13.2 Å². The molecule has 0 saturated carbocycles. The second-order valence-corrected chi connectivity index (χ2v) is 3.66. The lowest BCUT2D eigenvalue weighted by Gasteiger charge is -2.12. The number of rotatable bonds is 1. The lowest BCUT2D eigenvalue weighted by Crippen LogP contribution is -2.27. The average molecular weight is 248 g/mol. The normalized spacial score (nSPS) is 15.7. The third-order valence-corrected chi connectivity index (χ3v) is 2.23. The summed E-state index contributed by atoms with van der Waals surface area (Å²) in [6, 6.07) is 1.36. The molecule has 1 aromatic heterocycles. The van der Waals surface area contributed by atoms with E-state index in [1.54, 1.807) is 0 Å². The molecule has 0 N–H and O–H groups in total. The summed E-state index contributed by atoms with van der Waals surface area (Å²) in [7, 11) is 0. The third kappa shape index (κ3) is 2.37. The molecule has 0 aliphatic carbocycles. The molecule has 15 heavy (non-hydrogen) atoms. The highest BCUT2D eigenvalue weighted by Crippen LogP contribution is 2.14. The minimum atomic E-state index is -0.348. The molecule has 2 heterocycles. The van der Waals surface area contributed by atoms with Crippen LogP contribution in [0.5, 0.6) is 0 Å². The van der Waals surface area contributed by atoms with Crippen molar-refractivity contribution in [3.05, 3.63) is 22.2 Å². The van der Waals surface area contributed by atoms with E-state index in [2.05, 4.69) is 9.97 Å². The van der Waals surface area contributed by atoms with Crippen LogP contribution in [-0.4, -0.2) is 34.1 Å². The van der Waals surface area contributed by atoms with Crippen LogP contribution in [0.1, 0.15) is 16.9 Å². The van der Waals surface area contributed by atoms with Crippen molar-refractivity contribution in [2.24, 2.45) is 0 Å². The highest BCUT2D eigenvalue weighted by atomic mass is 35.5. The van der Waals surface area contributed by atoms with Crippen LogP contribution in [0.15, 0.2) is 6.07 Å². The van der Waals surface area contributed by atoms with Crippen molar-refractivity contribution in [1.29, 1.82) is 0 Å². The molecule has 1 saturated heterocycles. The zero-order valence-corrected chi connectivity index (χ0v) is 9.12. The first-order valence-corrected chi connectivity index (χ1v) is 5.07. The number of carbonyl (C=O) groups excluding carboxylic acids is 1. The van der Waals surface area contributed by atoms with Gasteiger partial charge < -0.3 is 0 Å². The first kappa shape index (κ1) is 10.6. The Hall–Kier alpha value is -0.910. The Morgan fingerprint density at radius 3 is 2.87 bits per heavy atom. The van der Waals surface area contributed by atoms with Gasteiger partial charge in [0.25, 0.3) is 5.91 Å². The lowest BCUT2D eigenvalue weighted by molar-refractivity contribution is -0.0771. The number of aromatic nitrogens is 2. The Balaban J connectivity index is 2.24. The summed E-state index contributed by atoms with van der Waals surface area (Å²) in [5.74, 6) is -0.348. The van der Waals surface area contributed by atoms with Crippen LogP contribution >= 0.6 is 23.2 Å². The monoisotopic (exact) mass is 247 g/mol. The van der Waals surface area contributed by atoms with E-state index in [4.69, 9.17) is 28.0 Å². The Morgan fingerprint density at radius 1 is 1.47 bits per heavy atom. The maximum absolute atomic E-state index is 11.7. The standard InChI is InChI=1S/C8H7Cl2N3O2/c9-6-4-5(11-8(10)12-6)7(14)13-2-1-3-15-13/h4H,1-3H2. The second-order valence-electron chi connectivity index (χ2n) is 2.94. The van der Waals surface area contributed by atoms with Crippen molar-refractivity contribution in [2.45, 2.75) is 6.42 Å². The van der Waals surface area contributed by atoms with Crippen molar-refractivity contribution in [3.63, 3.8) is 0 Å². The molecule has 1 aliphatic heterocycles. The van der Waals surface area contributed by atoms with Crippen molar-refractivity contribution in [2.75, 3.05) is 13.2 Å². The van der Waals surface area contributed by atoms with Gasteiger partial charge in [-0.05, 0) is 18.0 Å². The molecular weight excluding hydrogens is 241 g/mol. The Labute approximate surface area is 95.9 Å². The van der Waals surface area contributed by atoms with Crippen LogP contribution in [0, 0.1) is 0 Å². The zero-order chi connectivity index (χ0) is 10.8. The van der Waals surface area contributed by atoms with Crippen LogP contribution in [0.25, 0.3) is 0 Å². The number of nitrogens with zero attached hydrogens (tertiary/aromatic N) is 3. The van der Waals surface area contributed by atoms with E-state index in [1.807, 2.05) is 0 Å². The fourth-order valence-corrected chi connectivity index (χ4v) is 1.64. The number of hydrogen-bond acceptors (Lipinski definition) is 4. The van der Waals surface area contributed by atoms with Gasteiger partial charge in [-0.3, -0.25) is 9.63 Å². The Morgan fingerprint density at radius 2 is 2.27 bits per heavy atom. The summed E-state index contributed by atoms with van der Waals surface area (Å²) in [4.78, 5) is 24.3. The summed E-state index contributed by atoms with van der Waals surface area (Å²) in [6.07, 6.45) is 0.818. The summed E-state index contributed by atoms with van der Waals surface area (Å²) >= 11 is 11.2. The quantitative estimate of drug-likeness (QED) is 0.559. The highest BCUT2D eigenvalue weighted by molar-refractivity contribution is 6.32. The molecule has 2 rings (SSSR count). The summed E-state index contributed by atoms with van der Waals surface area (Å²) in [6.45, 7) is 1.09. The number of hydroxylamine groups is 2. The first-order chi connectivity index (χ1) is 7.16. The van der Waals surface area contributed by atoms with E-state index < -0.39 is 0 Å². The van der Waals surface area contributed by atoms with Gasteiger partial charge in [-0.25, -0.2) is 15.0 Å². The molecule has 0 radical (unpaired) electrons. The van der Waals surface area contributed by atoms with Gasteiger partial charge in [0.05, 0.1) is 13.2 Å². The number of amides is 1. The van der Waals surface area contributed by atoms with E-state index in [9.17, 15) is 4.79 Å². The lowest BCUT2D eigenvalue weighted by atomic mass is 10.3. The van der Waals surface area contributed by atoms with E-state index in [0.717, 1.165) is 6.42 Å². The summed E-state index contributed by atoms with van der Waals surface area (Å²) in [5, 5.41) is 1.33. The number of carbonyl (C=O) groups is 1. The maximum Gasteiger partial charge on any atom is 0.296 e. The predicted octanol–water partition coefficient (Wildman–Crippen LogP) is 1.56. The second kappa shape index (κ2) is 4.30. The average Bonchev–Trinajstić information content (AvgIpc) is 2.67. The van der Waals surface area contributed by atoms with Gasteiger partial charge in [0.2, 0.25) is 5.28 Å². The number of hydrogen-bond donors (Lipinski definition) is 0. The molecule has 1 aliphatic rings. The minimum Gasteiger partial charge on any atom is -0.271 e. The third-order valence-electron chi connectivity index (χ3n) is 1.87. The molecule has 1 aromatic rings. The molecule has 1 amide bonds. The largest absolute Gasteiger partial charge is 0.296 e. The molecule has 0 atom stereocenters. The summed E-state index contributed by atoms with van der Waals surface area (Å²) in [5.41, 5.74) is 0.141. The van der Waals surface area contributed by atoms with Crippen LogP contribution in [0.4, 0.5) is 0 Å². The van der Waals surface area contributed by atoms with Crippen LogP contribution in [0.2, 0.25) is 10.4 Å². The molecule has 5 nitrogen and oxygen atoms in total. The smallest absolute Gasteiger partial charge is 0.271 e. The molecule has 0 unspecified atom stereocenters. The minimum absolute atomic E-state index is 0.0509. The van der Waals surface area contributed by atoms with Gasteiger partial charge in [-0.15, -0.1) is 0 Å². The van der Waals surface area contributed by atoms with Crippen molar-refractivity contribution < 1.29 is 9.63 Å². The molecular formula is C8H7Cl2N3O2. The van der Waals surface area contributed by atoms with E-state index in [-0.39, 0.29) is 22.0 Å². The Kier molecular flexibility index (Phi) is 3.04. The topological polar surface area (TPSA) is 55.3 Å². The SMILES string of the molecule is O=C(c1cc(Cl)nc(Cl)n1)N1CCCO1. The Bertz CT molecular complexity index is 373. The highest BCUT2D eigenvalue weighted by Gasteiger charge is 2.22. The van der Waals surface area contributed by atoms with Crippen LogP contribution < -0.4 is 0 Å². The van der Waals surface area contributed by atoms with Gasteiger partial charge in [-0.2, -0.15) is 0 Å². The van der Waals surface area contributed by atoms with Gasteiger partial charge >= 0.3 is 0 Å². The van der Waals surface area contributed by atoms with Crippen LogP contribution in [0.3, 0.4) is 0 Å². The van der Waals surface area contributed by atoms with Gasteiger partial charge in [-0.1, -0.05) is 11.6 Å². The first-order valence-electron chi connectivity index (χ1n) is 4.31. The fraction of sp³-hybridized carbons (Fsp3) is 0.375. The zero-order valence-electron chi connectivity index (χ0n) is 7.61. The van der Waals surface area contributed by atoms with Crippen LogP contribution in [-0.2, 0) is 4.84 Å². The molecule has 7 heteroatoms. The fourth-order valence-electron chi connectivity index (χ4n) is 1.23. The van der Waals surface area contributed by atoms with Gasteiger partial charge in [0.1, 0.15) is 10.8 Å². The van der Waals surface area contributed by atoms with E-state index >= 15 is 0 Å². The van der Waals surface area contributed by atoms with Gasteiger partial charge in [0, 0.05) is 6.07 Å². The molecule has 0 spiro atoms. The van der Waals surface area contributed by atoms with Crippen molar-refractivity contribution >= 4 is 29.1 Å². The number of halogens is 2. The predicted molar refractivity (Wildman–Crippen MR) is 53.7 cm³/mol. The van der Waals surface area contributed by atoms with E-state index in [1.165, 1.54) is 11.1 Å². The molecule has 0 bridgehead atoms. The van der Waals surface area contributed by atoms with Crippen molar-refractivity contribution in [1.82, 2.24) is 15.0 Å². The molecule has 1 fully saturated rings. The summed E-state index contributed by atoms with van der Waals surface area (Å²) < 4.78 is 0.